The Balaban J connectivity index is 1.63. The van der Waals surface area contributed by atoms with Crippen molar-refractivity contribution in [2.45, 2.75) is 32.1 Å². The Bertz CT molecular complexity index is 627. The summed E-state index contributed by atoms with van der Waals surface area (Å²) in [6, 6.07) is 7.41. The van der Waals surface area contributed by atoms with Crippen molar-refractivity contribution in [1.82, 2.24) is 10.0 Å². The molecule has 0 saturated heterocycles. The highest BCUT2D eigenvalue weighted by Crippen LogP contribution is 2.25. The molecule has 0 radical (unpaired) electrons. The number of amides is 1. The number of aryl methyl sites for hydroxylation is 1. The second-order valence-corrected chi connectivity index (χ2v) is 7.94. The molecule has 1 aromatic carbocycles. The van der Waals surface area contributed by atoms with E-state index < -0.39 is 10.0 Å². The maximum absolute atomic E-state index is 11.8. The SMILES string of the molecule is Nc1ccccc1CCC(=O)NCCS(=O)(=O)NCC1CCC1. The van der Waals surface area contributed by atoms with E-state index in [1.54, 1.807) is 6.07 Å². The Morgan fingerprint density at radius 2 is 2.00 bits per heavy atom. The van der Waals surface area contributed by atoms with Gasteiger partial charge in [0.1, 0.15) is 0 Å². The van der Waals surface area contributed by atoms with Crippen molar-refractivity contribution in [3.05, 3.63) is 29.8 Å². The number of nitrogen functional groups attached to an aromatic ring is 1. The number of nitrogens with one attached hydrogen (secondary N) is 2. The van der Waals surface area contributed by atoms with E-state index in [0.29, 0.717) is 31.0 Å². The molecule has 2 rings (SSSR count). The molecule has 0 bridgehead atoms. The molecule has 4 N–H and O–H groups in total. The molecule has 0 heterocycles. The maximum atomic E-state index is 11.8. The molecule has 23 heavy (non-hydrogen) atoms. The summed E-state index contributed by atoms with van der Waals surface area (Å²) in [5, 5.41) is 2.65. The summed E-state index contributed by atoms with van der Waals surface area (Å²) < 4.78 is 26.2. The van der Waals surface area contributed by atoms with Crippen molar-refractivity contribution in [2.75, 3.05) is 24.6 Å². The zero-order chi connectivity index (χ0) is 16.7. The van der Waals surface area contributed by atoms with E-state index in [1.807, 2.05) is 18.2 Å². The van der Waals surface area contributed by atoms with Crippen LogP contribution >= 0.6 is 0 Å². The second kappa shape index (κ2) is 8.31. The van der Waals surface area contributed by atoms with E-state index in [1.165, 1.54) is 6.42 Å². The number of para-hydroxylation sites is 1. The highest BCUT2D eigenvalue weighted by molar-refractivity contribution is 7.89. The van der Waals surface area contributed by atoms with Gasteiger partial charge in [0.2, 0.25) is 15.9 Å². The van der Waals surface area contributed by atoms with E-state index in [2.05, 4.69) is 10.0 Å². The van der Waals surface area contributed by atoms with Gasteiger partial charge in [0, 0.05) is 25.2 Å². The average Bonchev–Trinajstić information content (AvgIpc) is 2.44. The Labute approximate surface area is 137 Å². The van der Waals surface area contributed by atoms with Gasteiger partial charge in [-0.25, -0.2) is 13.1 Å². The van der Waals surface area contributed by atoms with Gasteiger partial charge in [0.15, 0.2) is 0 Å². The van der Waals surface area contributed by atoms with Gasteiger partial charge in [-0.1, -0.05) is 24.6 Å². The van der Waals surface area contributed by atoms with Crippen molar-refractivity contribution < 1.29 is 13.2 Å². The van der Waals surface area contributed by atoms with Crippen molar-refractivity contribution in [2.24, 2.45) is 5.92 Å². The Hall–Kier alpha value is -1.60. The van der Waals surface area contributed by atoms with Crippen LogP contribution in [0.2, 0.25) is 0 Å². The Kier molecular flexibility index (Phi) is 6.41. The van der Waals surface area contributed by atoms with E-state index in [4.69, 9.17) is 5.73 Å². The maximum Gasteiger partial charge on any atom is 0.220 e. The van der Waals surface area contributed by atoms with Crippen LogP contribution in [0.4, 0.5) is 5.69 Å². The first-order valence-electron chi connectivity index (χ1n) is 8.04. The average molecular weight is 339 g/mol. The molecule has 1 amide bonds. The fourth-order valence-electron chi connectivity index (χ4n) is 2.44. The molecular formula is C16H25N3O3S. The lowest BCUT2D eigenvalue weighted by atomic mass is 9.86. The lowest BCUT2D eigenvalue weighted by Gasteiger charge is -2.25. The van der Waals surface area contributed by atoms with Crippen LogP contribution in [0, 0.1) is 5.92 Å². The fraction of sp³-hybridized carbons (Fsp3) is 0.562. The number of hydrogen-bond donors (Lipinski definition) is 3. The predicted octanol–water partition coefficient (Wildman–Crippen LogP) is 1.04. The van der Waals surface area contributed by atoms with E-state index in [-0.39, 0.29) is 18.2 Å². The number of nitrogens with two attached hydrogens (primary N) is 1. The van der Waals surface area contributed by atoms with Crippen LogP contribution < -0.4 is 15.8 Å². The summed E-state index contributed by atoms with van der Waals surface area (Å²) in [5.74, 6) is 0.233. The third-order valence-electron chi connectivity index (χ3n) is 4.19. The molecule has 6 nitrogen and oxygen atoms in total. The van der Waals surface area contributed by atoms with Crippen LogP contribution in [-0.4, -0.2) is 33.2 Å². The van der Waals surface area contributed by atoms with Crippen molar-refractivity contribution in [1.29, 1.82) is 0 Å². The smallest absolute Gasteiger partial charge is 0.220 e. The van der Waals surface area contributed by atoms with Crippen molar-refractivity contribution >= 4 is 21.6 Å². The van der Waals surface area contributed by atoms with Crippen LogP contribution in [-0.2, 0) is 21.2 Å². The summed E-state index contributed by atoms with van der Waals surface area (Å²) in [6.45, 7) is 0.646. The molecule has 0 unspecified atom stereocenters. The molecule has 1 fully saturated rings. The molecule has 1 saturated carbocycles. The minimum absolute atomic E-state index is 0.0844. The van der Waals surface area contributed by atoms with Gasteiger partial charge in [-0.15, -0.1) is 0 Å². The summed E-state index contributed by atoms with van der Waals surface area (Å²) in [7, 11) is -3.31. The summed E-state index contributed by atoms with van der Waals surface area (Å²) in [5.41, 5.74) is 7.42. The Morgan fingerprint density at radius 1 is 1.26 bits per heavy atom. The monoisotopic (exact) mass is 339 g/mol. The van der Waals surface area contributed by atoms with Gasteiger partial charge in [-0.2, -0.15) is 0 Å². The normalized spacial score (nSPS) is 15.1. The largest absolute Gasteiger partial charge is 0.399 e. The number of benzene rings is 1. The van der Waals surface area contributed by atoms with E-state index in [0.717, 1.165) is 18.4 Å². The minimum atomic E-state index is -3.31. The van der Waals surface area contributed by atoms with Gasteiger partial charge in [0.25, 0.3) is 0 Å². The number of hydrogen-bond acceptors (Lipinski definition) is 4. The predicted molar refractivity (Wildman–Crippen MR) is 91.3 cm³/mol. The zero-order valence-corrected chi connectivity index (χ0v) is 14.1. The van der Waals surface area contributed by atoms with Gasteiger partial charge in [0.05, 0.1) is 5.75 Å². The molecule has 0 aromatic heterocycles. The van der Waals surface area contributed by atoms with E-state index in [9.17, 15) is 13.2 Å². The number of anilines is 1. The van der Waals surface area contributed by atoms with Gasteiger partial charge in [-0.05, 0) is 36.8 Å². The van der Waals surface area contributed by atoms with Crippen LogP contribution in [0.5, 0.6) is 0 Å². The standard InChI is InChI=1S/C16H25N3O3S/c17-15-7-2-1-6-14(15)8-9-16(20)18-10-11-23(21,22)19-12-13-4-3-5-13/h1-2,6-7,13,19H,3-5,8-12,17H2,(H,18,20). The molecule has 1 aliphatic rings. The number of sulfonamides is 1. The lowest BCUT2D eigenvalue weighted by Crippen LogP contribution is -2.37. The molecule has 1 aliphatic carbocycles. The molecule has 128 valence electrons. The Morgan fingerprint density at radius 3 is 2.65 bits per heavy atom. The fourth-order valence-corrected chi connectivity index (χ4v) is 3.44. The van der Waals surface area contributed by atoms with Crippen LogP contribution in [0.25, 0.3) is 0 Å². The van der Waals surface area contributed by atoms with Gasteiger partial charge >= 0.3 is 0 Å². The highest BCUT2D eigenvalue weighted by atomic mass is 32.2. The highest BCUT2D eigenvalue weighted by Gasteiger charge is 2.20. The second-order valence-electron chi connectivity index (χ2n) is 6.01. The third-order valence-corrected chi connectivity index (χ3v) is 5.53. The first kappa shape index (κ1) is 17.7. The third kappa shape index (κ3) is 6.19. The lowest BCUT2D eigenvalue weighted by molar-refractivity contribution is -0.120. The van der Waals surface area contributed by atoms with Crippen molar-refractivity contribution in [3.63, 3.8) is 0 Å². The molecule has 7 heteroatoms. The van der Waals surface area contributed by atoms with Crippen LogP contribution in [0.15, 0.2) is 24.3 Å². The molecule has 1 aromatic rings. The van der Waals surface area contributed by atoms with Gasteiger partial charge < -0.3 is 11.1 Å². The molecule has 0 spiro atoms. The van der Waals surface area contributed by atoms with Crippen molar-refractivity contribution in [3.8, 4) is 0 Å². The van der Waals surface area contributed by atoms with Crippen LogP contribution in [0.3, 0.4) is 0 Å². The molecule has 0 aliphatic heterocycles. The summed E-state index contributed by atoms with van der Waals surface area (Å²) in [4.78, 5) is 11.8. The quantitative estimate of drug-likeness (QED) is 0.585. The summed E-state index contributed by atoms with van der Waals surface area (Å²) in [6.07, 6.45) is 4.23. The molecule has 0 atom stereocenters. The first-order chi connectivity index (χ1) is 11.0. The molecular weight excluding hydrogens is 314 g/mol. The number of carbonyl (C=O) groups is 1. The first-order valence-corrected chi connectivity index (χ1v) is 9.69. The van der Waals surface area contributed by atoms with E-state index >= 15 is 0 Å². The zero-order valence-electron chi connectivity index (χ0n) is 13.3. The van der Waals surface area contributed by atoms with Crippen LogP contribution in [0.1, 0.15) is 31.2 Å². The van der Waals surface area contributed by atoms with Gasteiger partial charge in [-0.3, -0.25) is 4.79 Å². The number of rotatable bonds is 9. The number of carbonyl (C=O) groups excluding carboxylic acids is 1. The minimum Gasteiger partial charge on any atom is -0.399 e. The topological polar surface area (TPSA) is 101 Å². The summed E-state index contributed by atoms with van der Waals surface area (Å²) >= 11 is 0.